The van der Waals surface area contributed by atoms with Crippen LogP contribution in [-0.4, -0.2) is 23.6 Å². The Kier molecular flexibility index (Phi) is 7.00. The van der Waals surface area contributed by atoms with E-state index in [9.17, 15) is 9.59 Å². The van der Waals surface area contributed by atoms with E-state index in [4.69, 9.17) is 9.84 Å². The number of ether oxygens (including phenoxy) is 1. The molecule has 1 amide bonds. The predicted molar refractivity (Wildman–Crippen MR) is 112 cm³/mol. The summed E-state index contributed by atoms with van der Waals surface area (Å²) in [4.78, 5) is 22.7. The first-order valence-electron chi connectivity index (χ1n) is 9.45. The number of aliphatic carboxylic acids is 1. The molecule has 0 aliphatic heterocycles. The van der Waals surface area contributed by atoms with E-state index in [0.717, 1.165) is 22.3 Å². The third-order valence-electron chi connectivity index (χ3n) is 4.44. The minimum absolute atomic E-state index is 0.0765. The van der Waals surface area contributed by atoms with E-state index in [-0.39, 0.29) is 18.9 Å². The molecule has 5 heteroatoms. The zero-order chi connectivity index (χ0) is 20.5. The fraction of sp³-hybridized carbons (Fsp3) is 0.167. The molecule has 0 saturated heterocycles. The minimum Gasteiger partial charge on any atom is -0.484 e. The number of carboxylic acids is 1. The lowest BCUT2D eigenvalue weighted by Crippen LogP contribution is -2.28. The van der Waals surface area contributed by atoms with Crippen molar-refractivity contribution in [2.45, 2.75) is 19.4 Å². The molecule has 0 radical (unpaired) electrons. The molecule has 3 aromatic carbocycles. The van der Waals surface area contributed by atoms with Crippen LogP contribution < -0.4 is 10.1 Å². The number of rotatable bonds is 9. The van der Waals surface area contributed by atoms with E-state index >= 15 is 0 Å². The zero-order valence-corrected chi connectivity index (χ0v) is 16.0. The van der Waals surface area contributed by atoms with Gasteiger partial charge in [-0.1, -0.05) is 60.7 Å². The molecule has 2 N–H and O–H groups in total. The van der Waals surface area contributed by atoms with Crippen molar-refractivity contribution in [2.75, 3.05) is 6.61 Å². The number of hydrogen-bond acceptors (Lipinski definition) is 3. The molecular formula is C24H23NO4. The van der Waals surface area contributed by atoms with Crippen molar-refractivity contribution in [3.63, 3.8) is 0 Å². The number of amides is 1. The second-order valence-electron chi connectivity index (χ2n) is 6.67. The summed E-state index contributed by atoms with van der Waals surface area (Å²) in [5, 5.41) is 11.6. The second kappa shape index (κ2) is 10.1. The monoisotopic (exact) mass is 389 g/mol. The number of aryl methyl sites for hydroxylation is 1. The molecule has 3 aromatic rings. The van der Waals surface area contributed by atoms with E-state index in [1.54, 1.807) is 12.1 Å². The quantitative estimate of drug-likeness (QED) is 0.579. The van der Waals surface area contributed by atoms with Crippen LogP contribution in [-0.2, 0) is 22.6 Å². The Morgan fingerprint density at radius 1 is 0.828 bits per heavy atom. The van der Waals surface area contributed by atoms with Crippen LogP contribution in [0.25, 0.3) is 11.1 Å². The van der Waals surface area contributed by atoms with Crippen LogP contribution in [0.15, 0.2) is 78.9 Å². The Balaban J connectivity index is 1.46. The van der Waals surface area contributed by atoms with Crippen LogP contribution in [0.2, 0.25) is 0 Å². The maximum absolute atomic E-state index is 12.1. The van der Waals surface area contributed by atoms with Crippen LogP contribution in [0.1, 0.15) is 17.5 Å². The Labute approximate surface area is 170 Å². The van der Waals surface area contributed by atoms with Crippen molar-refractivity contribution in [3.8, 4) is 16.9 Å². The van der Waals surface area contributed by atoms with Crippen LogP contribution in [0.3, 0.4) is 0 Å². The molecule has 0 fully saturated rings. The van der Waals surface area contributed by atoms with Gasteiger partial charge < -0.3 is 15.2 Å². The van der Waals surface area contributed by atoms with Crippen LogP contribution in [0.5, 0.6) is 5.75 Å². The normalized spacial score (nSPS) is 10.3. The number of nitrogens with one attached hydrogen (secondary N) is 1. The molecule has 0 aliphatic carbocycles. The van der Waals surface area contributed by atoms with E-state index < -0.39 is 5.97 Å². The molecule has 0 heterocycles. The summed E-state index contributed by atoms with van der Waals surface area (Å²) in [5.74, 6) is -0.452. The Hall–Kier alpha value is -3.60. The van der Waals surface area contributed by atoms with Gasteiger partial charge in [0.1, 0.15) is 5.75 Å². The molecular weight excluding hydrogens is 366 g/mol. The first kappa shape index (κ1) is 20.1. The molecule has 29 heavy (non-hydrogen) atoms. The van der Waals surface area contributed by atoms with Crippen molar-refractivity contribution >= 4 is 11.9 Å². The van der Waals surface area contributed by atoms with Crippen molar-refractivity contribution in [1.82, 2.24) is 5.32 Å². The fourth-order valence-corrected chi connectivity index (χ4v) is 2.90. The Morgan fingerprint density at radius 2 is 1.55 bits per heavy atom. The Morgan fingerprint density at radius 3 is 2.28 bits per heavy atom. The van der Waals surface area contributed by atoms with Gasteiger partial charge in [0, 0.05) is 13.0 Å². The van der Waals surface area contributed by atoms with Gasteiger partial charge in [-0.15, -0.1) is 0 Å². The summed E-state index contributed by atoms with van der Waals surface area (Å²) in [6, 6.07) is 25.3. The summed E-state index contributed by atoms with van der Waals surface area (Å²) in [6.45, 7) is 0.351. The lowest BCUT2D eigenvalue weighted by atomic mass is 10.0. The van der Waals surface area contributed by atoms with Crippen LogP contribution in [0, 0.1) is 0 Å². The molecule has 0 saturated carbocycles. The van der Waals surface area contributed by atoms with Crippen molar-refractivity contribution < 1.29 is 19.4 Å². The topological polar surface area (TPSA) is 75.6 Å². The van der Waals surface area contributed by atoms with Gasteiger partial charge in [0.2, 0.25) is 0 Å². The SMILES string of the molecule is O=C(O)CCc1ccc(OCC(=O)NCc2cccc(-c3ccccc3)c2)cc1. The van der Waals surface area contributed by atoms with Crippen molar-refractivity contribution in [3.05, 3.63) is 90.0 Å². The van der Waals surface area contributed by atoms with Gasteiger partial charge in [0.25, 0.3) is 5.91 Å². The molecule has 5 nitrogen and oxygen atoms in total. The molecule has 0 spiro atoms. The van der Waals surface area contributed by atoms with Crippen LogP contribution in [0.4, 0.5) is 0 Å². The molecule has 3 rings (SSSR count). The van der Waals surface area contributed by atoms with Gasteiger partial charge in [-0.2, -0.15) is 0 Å². The third kappa shape index (κ3) is 6.50. The van der Waals surface area contributed by atoms with E-state index in [1.807, 2.05) is 48.5 Å². The standard InChI is InChI=1S/C24H23NO4/c26-23(17-29-22-12-9-18(10-13-22)11-14-24(27)28)25-16-19-5-4-8-21(15-19)20-6-2-1-3-7-20/h1-10,12-13,15H,11,14,16-17H2,(H,25,26)(H,27,28). The van der Waals surface area contributed by atoms with Gasteiger partial charge >= 0.3 is 5.97 Å². The van der Waals surface area contributed by atoms with Crippen LogP contribution >= 0.6 is 0 Å². The van der Waals surface area contributed by atoms with Crippen molar-refractivity contribution in [2.24, 2.45) is 0 Å². The molecule has 0 unspecified atom stereocenters. The highest BCUT2D eigenvalue weighted by atomic mass is 16.5. The minimum atomic E-state index is -0.823. The number of carbonyl (C=O) groups is 2. The number of hydrogen-bond donors (Lipinski definition) is 2. The maximum Gasteiger partial charge on any atom is 0.303 e. The number of benzene rings is 3. The van der Waals surface area contributed by atoms with Gasteiger partial charge in [-0.05, 0) is 46.9 Å². The van der Waals surface area contributed by atoms with Gasteiger partial charge in [-0.3, -0.25) is 9.59 Å². The Bertz CT molecular complexity index is 952. The van der Waals surface area contributed by atoms with E-state index in [0.29, 0.717) is 18.7 Å². The molecule has 0 aliphatic rings. The molecule has 0 bridgehead atoms. The van der Waals surface area contributed by atoms with E-state index in [2.05, 4.69) is 23.5 Å². The van der Waals surface area contributed by atoms with Gasteiger partial charge in [-0.25, -0.2) is 0 Å². The summed E-state index contributed by atoms with van der Waals surface area (Å²) in [6.07, 6.45) is 0.562. The number of carbonyl (C=O) groups excluding carboxylic acids is 1. The second-order valence-corrected chi connectivity index (χ2v) is 6.67. The lowest BCUT2D eigenvalue weighted by molar-refractivity contribution is -0.137. The zero-order valence-electron chi connectivity index (χ0n) is 16.0. The van der Waals surface area contributed by atoms with Crippen molar-refractivity contribution in [1.29, 1.82) is 0 Å². The predicted octanol–water partition coefficient (Wildman–Crippen LogP) is 4.07. The summed E-state index contributed by atoms with van der Waals surface area (Å²) in [5.41, 5.74) is 4.18. The van der Waals surface area contributed by atoms with E-state index in [1.165, 1.54) is 0 Å². The average molecular weight is 389 g/mol. The average Bonchev–Trinajstić information content (AvgIpc) is 2.76. The highest BCUT2D eigenvalue weighted by Crippen LogP contribution is 2.20. The molecule has 0 atom stereocenters. The summed E-state index contributed by atoms with van der Waals surface area (Å²) < 4.78 is 5.50. The summed E-state index contributed by atoms with van der Waals surface area (Å²) in [7, 11) is 0. The summed E-state index contributed by atoms with van der Waals surface area (Å²) >= 11 is 0. The van der Waals surface area contributed by atoms with Gasteiger partial charge in [0.05, 0.1) is 0 Å². The highest BCUT2D eigenvalue weighted by molar-refractivity contribution is 5.77. The fourth-order valence-electron chi connectivity index (χ4n) is 2.90. The number of carboxylic acid groups (broad SMARTS) is 1. The molecule has 0 aromatic heterocycles. The third-order valence-corrected chi connectivity index (χ3v) is 4.44. The smallest absolute Gasteiger partial charge is 0.303 e. The first-order chi connectivity index (χ1) is 14.1. The largest absolute Gasteiger partial charge is 0.484 e. The maximum atomic E-state index is 12.1. The lowest BCUT2D eigenvalue weighted by Gasteiger charge is -2.09. The van der Waals surface area contributed by atoms with Gasteiger partial charge in [0.15, 0.2) is 6.61 Å². The molecule has 148 valence electrons. The first-order valence-corrected chi connectivity index (χ1v) is 9.45. The highest BCUT2D eigenvalue weighted by Gasteiger charge is 2.05.